The SMILES string of the molecule is CC(C)(C)OC(=O)N1CCC[C@H]1C(=O)NCc1cc(O)cc(O)c1. The summed E-state index contributed by atoms with van der Waals surface area (Å²) >= 11 is 0. The quantitative estimate of drug-likeness (QED) is 0.785. The van der Waals surface area contributed by atoms with Crippen LogP contribution in [-0.2, 0) is 16.1 Å². The minimum atomic E-state index is -0.611. The maximum absolute atomic E-state index is 12.4. The Hall–Kier alpha value is -2.44. The molecule has 0 radical (unpaired) electrons. The summed E-state index contributed by atoms with van der Waals surface area (Å²) in [6.45, 7) is 5.98. The third-order valence-corrected chi connectivity index (χ3v) is 3.61. The van der Waals surface area contributed by atoms with E-state index in [0.29, 0.717) is 18.5 Å². The Bertz CT molecular complexity index is 604. The molecule has 1 aliphatic heterocycles. The normalized spacial score (nSPS) is 17.6. The number of nitrogens with zero attached hydrogens (tertiary/aromatic N) is 1. The van der Waals surface area contributed by atoms with Crippen LogP contribution in [0.15, 0.2) is 18.2 Å². The molecule has 7 nitrogen and oxygen atoms in total. The van der Waals surface area contributed by atoms with Crippen molar-refractivity contribution in [3.8, 4) is 11.5 Å². The molecule has 1 aliphatic rings. The van der Waals surface area contributed by atoms with Gasteiger partial charge in [0.1, 0.15) is 23.1 Å². The summed E-state index contributed by atoms with van der Waals surface area (Å²) in [5, 5.41) is 21.6. The molecule has 1 heterocycles. The maximum atomic E-state index is 12.4. The molecule has 7 heteroatoms. The van der Waals surface area contributed by atoms with Crippen molar-refractivity contribution in [2.75, 3.05) is 6.54 Å². The van der Waals surface area contributed by atoms with Gasteiger partial charge in [0.25, 0.3) is 0 Å². The minimum absolute atomic E-state index is 0.0736. The molecule has 24 heavy (non-hydrogen) atoms. The van der Waals surface area contributed by atoms with Crippen LogP contribution in [0.25, 0.3) is 0 Å². The number of carbonyl (C=O) groups excluding carboxylic acids is 2. The minimum Gasteiger partial charge on any atom is -0.508 e. The van der Waals surface area contributed by atoms with Gasteiger partial charge in [0, 0.05) is 19.2 Å². The van der Waals surface area contributed by atoms with E-state index in [0.717, 1.165) is 6.42 Å². The van der Waals surface area contributed by atoms with Gasteiger partial charge in [-0.05, 0) is 51.3 Å². The van der Waals surface area contributed by atoms with Gasteiger partial charge in [-0.15, -0.1) is 0 Å². The number of phenolic OH excluding ortho intramolecular Hbond substituents is 2. The first-order chi connectivity index (χ1) is 11.2. The lowest BCUT2D eigenvalue weighted by molar-refractivity contribution is -0.125. The summed E-state index contributed by atoms with van der Waals surface area (Å²) in [7, 11) is 0. The average molecular weight is 336 g/mol. The molecule has 0 spiro atoms. The summed E-state index contributed by atoms with van der Waals surface area (Å²) in [6, 6.07) is 3.57. The van der Waals surface area contributed by atoms with Gasteiger partial charge < -0.3 is 20.3 Å². The van der Waals surface area contributed by atoms with Crippen molar-refractivity contribution in [1.82, 2.24) is 10.2 Å². The summed E-state index contributed by atoms with van der Waals surface area (Å²) in [5.41, 5.74) is -0.0394. The number of hydrogen-bond acceptors (Lipinski definition) is 5. The molecule has 2 amide bonds. The molecule has 0 unspecified atom stereocenters. The van der Waals surface area contributed by atoms with E-state index >= 15 is 0 Å². The first kappa shape index (κ1) is 17.9. The van der Waals surface area contributed by atoms with Crippen LogP contribution in [0.1, 0.15) is 39.2 Å². The summed E-state index contributed by atoms with van der Waals surface area (Å²) in [6.07, 6.45) is 0.829. The molecule has 1 saturated heterocycles. The molecule has 0 saturated carbocycles. The molecule has 0 aliphatic carbocycles. The van der Waals surface area contributed by atoms with E-state index in [4.69, 9.17) is 4.74 Å². The Morgan fingerprint density at radius 1 is 1.25 bits per heavy atom. The van der Waals surface area contributed by atoms with Crippen molar-refractivity contribution >= 4 is 12.0 Å². The zero-order chi connectivity index (χ0) is 17.9. The van der Waals surface area contributed by atoms with E-state index in [2.05, 4.69) is 5.32 Å². The Morgan fingerprint density at radius 2 is 1.88 bits per heavy atom. The van der Waals surface area contributed by atoms with Gasteiger partial charge in [0.15, 0.2) is 0 Å². The number of rotatable bonds is 3. The van der Waals surface area contributed by atoms with Crippen molar-refractivity contribution in [3.05, 3.63) is 23.8 Å². The number of hydrogen-bond donors (Lipinski definition) is 3. The van der Waals surface area contributed by atoms with Gasteiger partial charge >= 0.3 is 6.09 Å². The molecule has 1 atom stereocenters. The van der Waals surface area contributed by atoms with Gasteiger partial charge in [0.2, 0.25) is 5.91 Å². The second-order valence-corrected chi connectivity index (χ2v) is 6.91. The molecule has 2 rings (SSSR count). The molecule has 1 aromatic rings. The van der Waals surface area contributed by atoms with E-state index in [1.807, 2.05) is 0 Å². The van der Waals surface area contributed by atoms with Crippen molar-refractivity contribution in [2.45, 2.75) is 51.8 Å². The number of phenols is 2. The van der Waals surface area contributed by atoms with Gasteiger partial charge in [-0.2, -0.15) is 0 Å². The highest BCUT2D eigenvalue weighted by molar-refractivity contribution is 5.86. The molecule has 3 N–H and O–H groups in total. The number of nitrogens with one attached hydrogen (secondary N) is 1. The maximum Gasteiger partial charge on any atom is 0.410 e. The van der Waals surface area contributed by atoms with Crippen LogP contribution in [0.5, 0.6) is 11.5 Å². The third-order valence-electron chi connectivity index (χ3n) is 3.61. The summed E-state index contributed by atoms with van der Waals surface area (Å²) in [5.74, 6) is -0.424. The number of carbonyl (C=O) groups is 2. The predicted octanol–water partition coefficient (Wildman–Crippen LogP) is 2.11. The molecule has 1 aromatic carbocycles. The number of amides is 2. The summed E-state index contributed by atoms with van der Waals surface area (Å²) < 4.78 is 5.34. The van der Waals surface area contributed by atoms with Crippen LogP contribution >= 0.6 is 0 Å². The molecule has 0 bridgehead atoms. The lowest BCUT2D eigenvalue weighted by Gasteiger charge is -2.28. The van der Waals surface area contributed by atoms with Crippen LogP contribution < -0.4 is 5.32 Å². The van der Waals surface area contributed by atoms with Crippen molar-refractivity contribution < 1.29 is 24.5 Å². The Kier molecular flexibility index (Phi) is 5.21. The second kappa shape index (κ2) is 6.98. The molecule has 0 aromatic heterocycles. The highest BCUT2D eigenvalue weighted by Crippen LogP contribution is 2.22. The van der Waals surface area contributed by atoms with Gasteiger partial charge in [-0.1, -0.05) is 0 Å². The first-order valence-corrected chi connectivity index (χ1v) is 7.95. The van der Waals surface area contributed by atoms with E-state index in [1.165, 1.54) is 23.1 Å². The molecule has 1 fully saturated rings. The van der Waals surface area contributed by atoms with Gasteiger partial charge in [-0.25, -0.2) is 4.79 Å². The zero-order valence-electron chi connectivity index (χ0n) is 14.2. The highest BCUT2D eigenvalue weighted by Gasteiger charge is 2.36. The van der Waals surface area contributed by atoms with Gasteiger partial charge in [-0.3, -0.25) is 9.69 Å². The fourth-order valence-corrected chi connectivity index (χ4v) is 2.64. The second-order valence-electron chi connectivity index (χ2n) is 6.91. The lowest BCUT2D eigenvalue weighted by atomic mass is 10.1. The van der Waals surface area contributed by atoms with Crippen LogP contribution in [0, 0.1) is 0 Å². The Morgan fingerprint density at radius 3 is 2.46 bits per heavy atom. The van der Waals surface area contributed by atoms with Crippen molar-refractivity contribution in [2.24, 2.45) is 0 Å². The largest absolute Gasteiger partial charge is 0.508 e. The van der Waals surface area contributed by atoms with Crippen molar-refractivity contribution in [3.63, 3.8) is 0 Å². The average Bonchev–Trinajstić information content (AvgIpc) is 2.91. The van der Waals surface area contributed by atoms with E-state index in [9.17, 15) is 19.8 Å². The molecular formula is C17H24N2O5. The van der Waals surface area contributed by atoms with Crippen LogP contribution in [-0.4, -0.2) is 45.3 Å². The summed E-state index contributed by atoms with van der Waals surface area (Å²) in [4.78, 5) is 26.0. The van der Waals surface area contributed by atoms with Crippen LogP contribution in [0.3, 0.4) is 0 Å². The van der Waals surface area contributed by atoms with E-state index in [1.54, 1.807) is 20.8 Å². The number of likely N-dealkylation sites (tertiary alicyclic amines) is 1. The third kappa shape index (κ3) is 4.78. The lowest BCUT2D eigenvalue weighted by Crippen LogP contribution is -2.47. The Balaban J connectivity index is 1.96. The van der Waals surface area contributed by atoms with Crippen molar-refractivity contribution in [1.29, 1.82) is 0 Å². The smallest absolute Gasteiger partial charge is 0.410 e. The number of benzene rings is 1. The predicted molar refractivity (Wildman–Crippen MR) is 87.6 cm³/mol. The topological polar surface area (TPSA) is 99.1 Å². The monoisotopic (exact) mass is 336 g/mol. The standard InChI is InChI=1S/C17H24N2O5/c1-17(2,3)24-16(23)19-6-4-5-14(19)15(22)18-10-11-7-12(20)9-13(21)8-11/h7-9,14,20-21H,4-6,10H2,1-3H3,(H,18,22)/t14-/m0/s1. The van der Waals surface area contributed by atoms with Crippen LogP contribution in [0.4, 0.5) is 4.79 Å². The highest BCUT2D eigenvalue weighted by atomic mass is 16.6. The van der Waals surface area contributed by atoms with E-state index in [-0.39, 0.29) is 24.0 Å². The van der Waals surface area contributed by atoms with Gasteiger partial charge in [0.05, 0.1) is 0 Å². The number of aromatic hydroxyl groups is 2. The molecule has 132 valence electrons. The fraction of sp³-hybridized carbons (Fsp3) is 0.529. The fourth-order valence-electron chi connectivity index (χ4n) is 2.64. The number of ether oxygens (including phenoxy) is 1. The molecular weight excluding hydrogens is 312 g/mol. The first-order valence-electron chi connectivity index (χ1n) is 7.95. The van der Waals surface area contributed by atoms with Crippen LogP contribution in [0.2, 0.25) is 0 Å². The van der Waals surface area contributed by atoms with E-state index < -0.39 is 17.7 Å². The Labute approximate surface area is 141 Å². The zero-order valence-corrected chi connectivity index (χ0v) is 14.2.